The zero-order valence-corrected chi connectivity index (χ0v) is 15.3. The highest BCUT2D eigenvalue weighted by Crippen LogP contribution is 2.34. The lowest BCUT2D eigenvalue weighted by molar-refractivity contribution is 0.0974. The molecule has 1 aromatic carbocycles. The number of carbonyl (C=O) groups is 1. The minimum Gasteiger partial charge on any atom is -0.383 e. The maximum atomic E-state index is 12.5. The van der Waals surface area contributed by atoms with Gasteiger partial charge in [0.2, 0.25) is 16.0 Å². The normalized spacial score (nSPS) is 22.3. The molecule has 2 heterocycles. The summed E-state index contributed by atoms with van der Waals surface area (Å²) < 4.78 is 26.1. The van der Waals surface area contributed by atoms with Crippen molar-refractivity contribution in [2.45, 2.75) is 12.5 Å². The molecule has 3 N–H and O–H groups in total. The molecular formula is C15H17N5O3S2. The highest BCUT2D eigenvalue weighted by atomic mass is 32.2. The molecule has 1 aliphatic rings. The number of nitrogen functional groups attached to an aromatic ring is 1. The largest absolute Gasteiger partial charge is 0.383 e. The Morgan fingerprint density at radius 2 is 2.04 bits per heavy atom. The van der Waals surface area contributed by atoms with Gasteiger partial charge in [-0.15, -0.1) is 11.3 Å². The van der Waals surface area contributed by atoms with Crippen molar-refractivity contribution in [1.82, 2.24) is 14.6 Å². The molecule has 1 aliphatic heterocycles. The molecule has 0 saturated carbocycles. The topological polar surface area (TPSA) is 118 Å². The van der Waals surface area contributed by atoms with E-state index < -0.39 is 21.5 Å². The smallest absolute Gasteiger partial charge is 0.257 e. The summed E-state index contributed by atoms with van der Waals surface area (Å²) in [6, 6.07) is 8.50. The minimum absolute atomic E-state index is 0.0450. The second kappa shape index (κ2) is 6.12. The van der Waals surface area contributed by atoms with Crippen molar-refractivity contribution in [2.75, 3.05) is 18.5 Å². The second-order valence-corrected chi connectivity index (χ2v) is 8.69. The highest BCUT2D eigenvalue weighted by Gasteiger charge is 2.43. The number of nitrogens with one attached hydrogen (secondary N) is 1. The summed E-state index contributed by atoms with van der Waals surface area (Å²) in [6.07, 6.45) is 0. The van der Waals surface area contributed by atoms with Gasteiger partial charge in [-0.2, -0.15) is 0 Å². The van der Waals surface area contributed by atoms with Crippen LogP contribution in [0.4, 0.5) is 5.82 Å². The first-order valence-corrected chi connectivity index (χ1v) is 9.84. The van der Waals surface area contributed by atoms with Crippen molar-refractivity contribution < 1.29 is 13.2 Å². The molecule has 8 nitrogen and oxygen atoms in total. The van der Waals surface area contributed by atoms with Crippen LogP contribution in [0.1, 0.15) is 22.3 Å². The molecule has 1 atom stereocenters. The van der Waals surface area contributed by atoms with Crippen molar-refractivity contribution >= 4 is 39.0 Å². The average Bonchev–Trinajstić information content (AvgIpc) is 3.00. The van der Waals surface area contributed by atoms with Crippen LogP contribution in [0.15, 0.2) is 40.7 Å². The van der Waals surface area contributed by atoms with Gasteiger partial charge in [0.25, 0.3) is 5.91 Å². The first kappa shape index (κ1) is 17.4. The van der Waals surface area contributed by atoms with Crippen LogP contribution in [-0.4, -0.2) is 42.4 Å². The predicted molar refractivity (Wildman–Crippen MR) is 96.8 cm³/mol. The molecule has 25 heavy (non-hydrogen) atoms. The molecule has 0 spiro atoms. The number of nitrogens with two attached hydrogens (primary N) is 1. The summed E-state index contributed by atoms with van der Waals surface area (Å²) in [4.78, 5) is 21.0. The summed E-state index contributed by atoms with van der Waals surface area (Å²) in [5, 5.41) is 4.68. The Balaban J connectivity index is 1.99. The summed E-state index contributed by atoms with van der Waals surface area (Å²) >= 11 is 1.24. The Labute approximate surface area is 149 Å². The summed E-state index contributed by atoms with van der Waals surface area (Å²) in [5.41, 5.74) is 4.94. The van der Waals surface area contributed by atoms with Gasteiger partial charge < -0.3 is 5.73 Å². The Morgan fingerprint density at radius 3 is 2.64 bits per heavy atom. The molecule has 3 rings (SSSR count). The van der Waals surface area contributed by atoms with Gasteiger partial charge in [-0.1, -0.05) is 18.2 Å². The van der Waals surface area contributed by atoms with E-state index in [0.717, 1.165) is 4.31 Å². The van der Waals surface area contributed by atoms with Gasteiger partial charge in [-0.3, -0.25) is 10.1 Å². The molecule has 10 heteroatoms. The molecule has 0 aliphatic carbocycles. The van der Waals surface area contributed by atoms with Gasteiger partial charge in [0.05, 0.1) is 0 Å². The fourth-order valence-electron chi connectivity index (χ4n) is 2.43. The van der Waals surface area contributed by atoms with Crippen LogP contribution in [0.5, 0.6) is 0 Å². The molecule has 1 aromatic heterocycles. The molecule has 0 radical (unpaired) electrons. The molecule has 132 valence electrons. The predicted octanol–water partition coefficient (Wildman–Crippen LogP) is 1.00. The maximum absolute atomic E-state index is 12.5. The number of aromatic nitrogens is 1. The SMILES string of the molecule is CN1C(NC(=O)c2ccccc2)=N[C@](C)(c2nc(N)cs2)CS1(=O)=O. The number of carbonyl (C=O) groups excluding carboxylic acids is 1. The lowest BCUT2D eigenvalue weighted by atomic mass is 10.1. The number of thiazole rings is 1. The van der Waals surface area contributed by atoms with Crippen molar-refractivity contribution in [2.24, 2.45) is 4.99 Å². The Bertz CT molecular complexity index is 939. The molecule has 2 aromatic rings. The number of amides is 1. The van der Waals surface area contributed by atoms with Crippen LogP contribution in [-0.2, 0) is 15.6 Å². The quantitative estimate of drug-likeness (QED) is 0.807. The van der Waals surface area contributed by atoms with Gasteiger partial charge in [0.1, 0.15) is 22.1 Å². The fourth-order valence-corrected chi connectivity index (χ4v) is 4.79. The van der Waals surface area contributed by atoms with E-state index in [1.54, 1.807) is 42.6 Å². The lowest BCUT2D eigenvalue weighted by Gasteiger charge is -2.34. The number of nitrogens with zero attached hydrogens (tertiary/aromatic N) is 3. The molecule has 0 bridgehead atoms. The van der Waals surface area contributed by atoms with Crippen LogP contribution >= 0.6 is 11.3 Å². The number of hydrogen-bond donors (Lipinski definition) is 2. The summed E-state index contributed by atoms with van der Waals surface area (Å²) in [7, 11) is -2.31. The molecular weight excluding hydrogens is 362 g/mol. The van der Waals surface area contributed by atoms with Crippen LogP contribution in [0.25, 0.3) is 0 Å². The van der Waals surface area contributed by atoms with E-state index in [2.05, 4.69) is 15.3 Å². The van der Waals surface area contributed by atoms with E-state index in [1.807, 2.05) is 0 Å². The zero-order chi connectivity index (χ0) is 18.2. The highest BCUT2D eigenvalue weighted by molar-refractivity contribution is 7.89. The van der Waals surface area contributed by atoms with Crippen molar-refractivity contribution in [1.29, 1.82) is 0 Å². The second-order valence-electron chi connectivity index (χ2n) is 5.83. The van der Waals surface area contributed by atoms with E-state index in [4.69, 9.17) is 5.73 Å². The van der Waals surface area contributed by atoms with Crippen LogP contribution in [0, 0.1) is 0 Å². The Kier molecular flexibility index (Phi) is 4.25. The molecule has 0 unspecified atom stereocenters. The van der Waals surface area contributed by atoms with Gasteiger partial charge in [0, 0.05) is 18.0 Å². The summed E-state index contributed by atoms with van der Waals surface area (Å²) in [6.45, 7) is 1.66. The van der Waals surface area contributed by atoms with Crippen LogP contribution in [0.2, 0.25) is 0 Å². The third-order valence-electron chi connectivity index (χ3n) is 3.78. The van der Waals surface area contributed by atoms with Crippen molar-refractivity contribution in [3.63, 3.8) is 0 Å². The fraction of sp³-hybridized carbons (Fsp3) is 0.267. The lowest BCUT2D eigenvalue weighted by Crippen LogP contribution is -2.53. The molecule has 1 amide bonds. The average molecular weight is 379 g/mol. The van der Waals surface area contributed by atoms with E-state index in [9.17, 15) is 13.2 Å². The Hall–Kier alpha value is -2.46. The summed E-state index contributed by atoms with van der Waals surface area (Å²) in [5.74, 6) is -0.433. The monoisotopic (exact) mass is 379 g/mol. The number of rotatable bonds is 2. The number of benzene rings is 1. The zero-order valence-electron chi connectivity index (χ0n) is 13.6. The van der Waals surface area contributed by atoms with Crippen molar-refractivity contribution in [3.05, 3.63) is 46.3 Å². The number of hydrogen-bond acceptors (Lipinski definition) is 7. The maximum Gasteiger partial charge on any atom is 0.257 e. The van der Waals surface area contributed by atoms with Gasteiger partial charge in [0.15, 0.2) is 0 Å². The van der Waals surface area contributed by atoms with E-state index in [1.165, 1.54) is 18.4 Å². The standard InChI is InChI=1S/C15H17N5O3S2/c1-15(13-17-11(16)8-24-13)9-25(22,23)20(2)14(19-15)18-12(21)10-6-4-3-5-7-10/h3-8H,9,16H2,1-2H3,(H,18,19,21)/t15-/m0/s1. The third-order valence-corrected chi connectivity index (χ3v) is 6.82. The number of guanidine groups is 1. The Morgan fingerprint density at radius 1 is 1.36 bits per heavy atom. The van der Waals surface area contributed by atoms with Gasteiger partial charge in [-0.25, -0.2) is 22.7 Å². The van der Waals surface area contributed by atoms with Crippen LogP contribution < -0.4 is 11.1 Å². The molecule has 0 saturated heterocycles. The van der Waals surface area contributed by atoms with Gasteiger partial charge in [-0.05, 0) is 19.1 Å². The van der Waals surface area contributed by atoms with Crippen molar-refractivity contribution in [3.8, 4) is 0 Å². The van der Waals surface area contributed by atoms with Crippen LogP contribution in [0.3, 0.4) is 0 Å². The van der Waals surface area contributed by atoms with Gasteiger partial charge >= 0.3 is 0 Å². The minimum atomic E-state index is -3.67. The number of sulfonamides is 1. The van der Waals surface area contributed by atoms with E-state index in [-0.39, 0.29) is 11.7 Å². The van der Waals surface area contributed by atoms with E-state index in [0.29, 0.717) is 16.4 Å². The third kappa shape index (κ3) is 3.35. The van der Waals surface area contributed by atoms with E-state index >= 15 is 0 Å². The first-order valence-electron chi connectivity index (χ1n) is 7.36. The number of anilines is 1. The molecule has 0 fully saturated rings. The number of aliphatic imine (C=N–C) groups is 1. The first-order chi connectivity index (χ1) is 11.7.